The lowest BCUT2D eigenvalue weighted by molar-refractivity contribution is 0.261. The van der Waals surface area contributed by atoms with Gasteiger partial charge in [0.05, 0.1) is 18.5 Å². The second-order valence-corrected chi connectivity index (χ2v) is 7.07. The molecule has 0 bridgehead atoms. The zero-order valence-electron chi connectivity index (χ0n) is 17.7. The van der Waals surface area contributed by atoms with Crippen molar-refractivity contribution < 1.29 is 14.3 Å². The molecule has 8 heteroatoms. The molecule has 2 aromatic carbocycles. The zero-order chi connectivity index (χ0) is 22.5. The van der Waals surface area contributed by atoms with Gasteiger partial charge in [-0.15, -0.1) is 0 Å². The SMILES string of the molecule is COc1cccc(NC(=O)Nc2ccccc2OCc2cc(=O)n3cccc(C)c3n2)c1. The Kier molecular flexibility index (Phi) is 6.03. The molecule has 162 valence electrons. The lowest BCUT2D eigenvalue weighted by Gasteiger charge is -2.13. The molecule has 32 heavy (non-hydrogen) atoms. The predicted octanol–water partition coefficient (Wildman–Crippen LogP) is 4.23. The van der Waals surface area contributed by atoms with Gasteiger partial charge >= 0.3 is 6.03 Å². The monoisotopic (exact) mass is 430 g/mol. The van der Waals surface area contributed by atoms with E-state index in [0.29, 0.717) is 34.2 Å². The number of ether oxygens (including phenoxy) is 2. The Morgan fingerprint density at radius 3 is 2.72 bits per heavy atom. The first-order valence-electron chi connectivity index (χ1n) is 9.95. The highest BCUT2D eigenvalue weighted by Crippen LogP contribution is 2.25. The van der Waals surface area contributed by atoms with E-state index in [1.807, 2.05) is 13.0 Å². The van der Waals surface area contributed by atoms with Crippen molar-refractivity contribution in [2.45, 2.75) is 13.5 Å². The predicted molar refractivity (Wildman–Crippen MR) is 123 cm³/mol. The number of carbonyl (C=O) groups excluding carboxylic acids is 1. The first-order chi connectivity index (χ1) is 15.5. The van der Waals surface area contributed by atoms with E-state index in [4.69, 9.17) is 9.47 Å². The molecule has 2 heterocycles. The molecule has 2 aromatic heterocycles. The average molecular weight is 430 g/mol. The molecule has 0 radical (unpaired) electrons. The van der Waals surface area contributed by atoms with Gasteiger partial charge in [-0.2, -0.15) is 0 Å². The van der Waals surface area contributed by atoms with Crippen LogP contribution in [0.4, 0.5) is 16.2 Å². The van der Waals surface area contributed by atoms with Gasteiger partial charge in [0.15, 0.2) is 0 Å². The summed E-state index contributed by atoms with van der Waals surface area (Å²) in [4.78, 5) is 29.4. The summed E-state index contributed by atoms with van der Waals surface area (Å²) in [5.74, 6) is 1.10. The number of aromatic nitrogens is 2. The van der Waals surface area contributed by atoms with Crippen LogP contribution in [0.5, 0.6) is 11.5 Å². The fourth-order valence-corrected chi connectivity index (χ4v) is 3.22. The number of para-hydroxylation sites is 2. The number of pyridine rings is 1. The molecule has 2 N–H and O–H groups in total. The summed E-state index contributed by atoms with van der Waals surface area (Å²) in [6.07, 6.45) is 1.68. The molecule has 0 aliphatic heterocycles. The standard InChI is InChI=1S/C24H22N4O4/c1-16-7-6-12-28-22(29)14-18(25-23(16)28)15-32-21-11-4-3-10-20(21)27-24(30)26-17-8-5-9-19(13-17)31-2/h3-14H,15H2,1-2H3,(H2,26,27,30). The minimum atomic E-state index is -0.424. The Bertz CT molecular complexity index is 1330. The van der Waals surface area contributed by atoms with Crippen LogP contribution in [0.1, 0.15) is 11.3 Å². The Hall–Kier alpha value is -4.33. The molecule has 8 nitrogen and oxygen atoms in total. The number of carbonyl (C=O) groups is 1. The van der Waals surface area contributed by atoms with Crippen LogP contribution < -0.4 is 25.7 Å². The largest absolute Gasteiger partial charge is 0.497 e. The van der Waals surface area contributed by atoms with Crippen molar-refractivity contribution >= 4 is 23.1 Å². The zero-order valence-corrected chi connectivity index (χ0v) is 17.7. The Labute approximate surface area is 184 Å². The number of urea groups is 1. The number of benzene rings is 2. The molecule has 0 fully saturated rings. The van der Waals surface area contributed by atoms with Crippen molar-refractivity contribution in [2.75, 3.05) is 17.7 Å². The second-order valence-electron chi connectivity index (χ2n) is 7.07. The lowest BCUT2D eigenvalue weighted by Crippen LogP contribution is -2.20. The Balaban J connectivity index is 1.48. The number of fused-ring (bicyclic) bond motifs is 1. The van der Waals surface area contributed by atoms with E-state index < -0.39 is 6.03 Å². The van der Waals surface area contributed by atoms with Crippen molar-refractivity contribution in [3.8, 4) is 11.5 Å². The van der Waals surface area contributed by atoms with E-state index in [2.05, 4.69) is 15.6 Å². The van der Waals surface area contributed by atoms with Crippen LogP contribution in [-0.2, 0) is 6.61 Å². The molecular formula is C24H22N4O4. The minimum Gasteiger partial charge on any atom is -0.497 e. The number of amides is 2. The molecule has 0 unspecified atom stereocenters. The fourth-order valence-electron chi connectivity index (χ4n) is 3.22. The van der Waals surface area contributed by atoms with Gasteiger partial charge in [0, 0.05) is 24.0 Å². The van der Waals surface area contributed by atoms with Crippen molar-refractivity contribution in [3.05, 3.63) is 94.5 Å². The maximum atomic E-state index is 12.5. The first-order valence-corrected chi connectivity index (χ1v) is 9.95. The topological polar surface area (TPSA) is 94.0 Å². The molecule has 4 aromatic rings. The Morgan fingerprint density at radius 1 is 1.03 bits per heavy atom. The van der Waals surface area contributed by atoms with Gasteiger partial charge in [0.1, 0.15) is 23.8 Å². The molecule has 2 amide bonds. The normalized spacial score (nSPS) is 10.6. The smallest absolute Gasteiger partial charge is 0.323 e. The molecule has 0 saturated carbocycles. The van der Waals surface area contributed by atoms with E-state index in [1.54, 1.807) is 67.9 Å². The quantitative estimate of drug-likeness (QED) is 0.477. The fraction of sp³-hybridized carbons (Fsp3) is 0.125. The molecule has 0 atom stereocenters. The van der Waals surface area contributed by atoms with Crippen molar-refractivity contribution in [1.82, 2.24) is 9.38 Å². The molecule has 0 spiro atoms. The summed E-state index contributed by atoms with van der Waals surface area (Å²) in [7, 11) is 1.56. The summed E-state index contributed by atoms with van der Waals surface area (Å²) in [6.45, 7) is 1.98. The highest BCUT2D eigenvalue weighted by atomic mass is 16.5. The van der Waals surface area contributed by atoms with Crippen LogP contribution in [0.3, 0.4) is 0 Å². The van der Waals surface area contributed by atoms with Gasteiger partial charge in [0.25, 0.3) is 5.56 Å². The first kappa shape index (κ1) is 20.9. The van der Waals surface area contributed by atoms with Crippen LogP contribution in [0.15, 0.2) is 77.7 Å². The third-order valence-corrected chi connectivity index (χ3v) is 4.78. The van der Waals surface area contributed by atoms with E-state index in [1.165, 1.54) is 10.5 Å². The van der Waals surface area contributed by atoms with Gasteiger partial charge < -0.3 is 20.1 Å². The maximum absolute atomic E-state index is 12.5. The van der Waals surface area contributed by atoms with Gasteiger partial charge in [-0.1, -0.05) is 24.3 Å². The third-order valence-electron chi connectivity index (χ3n) is 4.78. The van der Waals surface area contributed by atoms with Gasteiger partial charge in [0.2, 0.25) is 0 Å². The summed E-state index contributed by atoms with van der Waals surface area (Å²) in [5, 5.41) is 5.54. The maximum Gasteiger partial charge on any atom is 0.323 e. The highest BCUT2D eigenvalue weighted by molar-refractivity contribution is 6.00. The van der Waals surface area contributed by atoms with E-state index in [0.717, 1.165) is 5.56 Å². The lowest BCUT2D eigenvalue weighted by atomic mass is 10.2. The second kappa shape index (κ2) is 9.22. The molecule has 0 aliphatic carbocycles. The van der Waals surface area contributed by atoms with Crippen molar-refractivity contribution in [3.63, 3.8) is 0 Å². The van der Waals surface area contributed by atoms with Crippen LogP contribution in [0.2, 0.25) is 0 Å². The number of nitrogens with one attached hydrogen (secondary N) is 2. The van der Waals surface area contributed by atoms with Gasteiger partial charge in [-0.05, 0) is 42.8 Å². The van der Waals surface area contributed by atoms with Crippen LogP contribution in [0, 0.1) is 6.92 Å². The number of anilines is 2. The number of methoxy groups -OCH3 is 1. The van der Waals surface area contributed by atoms with Crippen molar-refractivity contribution in [1.29, 1.82) is 0 Å². The number of rotatable bonds is 6. The third kappa shape index (κ3) is 4.70. The molecule has 4 rings (SSSR count). The van der Waals surface area contributed by atoms with Crippen LogP contribution in [0.25, 0.3) is 5.65 Å². The summed E-state index contributed by atoms with van der Waals surface area (Å²) >= 11 is 0. The molecule has 0 aliphatic rings. The molecule has 0 saturated heterocycles. The van der Waals surface area contributed by atoms with E-state index in [-0.39, 0.29) is 12.2 Å². The summed E-state index contributed by atoms with van der Waals surface area (Å²) in [6, 6.07) is 18.8. The van der Waals surface area contributed by atoms with Crippen molar-refractivity contribution in [2.24, 2.45) is 0 Å². The van der Waals surface area contributed by atoms with Crippen LogP contribution in [-0.4, -0.2) is 22.5 Å². The number of nitrogens with zero attached hydrogens (tertiary/aromatic N) is 2. The number of hydrogen-bond acceptors (Lipinski definition) is 5. The number of hydrogen-bond donors (Lipinski definition) is 2. The van der Waals surface area contributed by atoms with E-state index in [9.17, 15) is 9.59 Å². The van der Waals surface area contributed by atoms with Gasteiger partial charge in [-0.3, -0.25) is 9.20 Å². The van der Waals surface area contributed by atoms with E-state index >= 15 is 0 Å². The summed E-state index contributed by atoms with van der Waals surface area (Å²) in [5.41, 5.74) is 2.88. The van der Waals surface area contributed by atoms with Crippen LogP contribution >= 0.6 is 0 Å². The van der Waals surface area contributed by atoms with Gasteiger partial charge in [-0.25, -0.2) is 9.78 Å². The summed E-state index contributed by atoms with van der Waals surface area (Å²) < 4.78 is 12.5. The minimum absolute atomic E-state index is 0.0796. The Morgan fingerprint density at radius 2 is 1.88 bits per heavy atom. The average Bonchev–Trinajstić information content (AvgIpc) is 2.79. The number of aryl methyl sites for hydroxylation is 1. The molecular weight excluding hydrogens is 408 g/mol. The highest BCUT2D eigenvalue weighted by Gasteiger charge is 2.10.